The maximum absolute atomic E-state index is 5.30. The van der Waals surface area contributed by atoms with Crippen molar-refractivity contribution in [3.8, 4) is 0 Å². The van der Waals surface area contributed by atoms with Crippen LogP contribution in [0.1, 0.15) is 71.2 Å². The van der Waals surface area contributed by atoms with Gasteiger partial charge in [-0.1, -0.05) is 38.8 Å². The molecule has 1 aliphatic carbocycles. The van der Waals surface area contributed by atoms with E-state index < -0.39 is 0 Å². The van der Waals surface area contributed by atoms with Crippen LogP contribution in [0.4, 0.5) is 0 Å². The molecule has 1 N–H and O–H groups in total. The van der Waals surface area contributed by atoms with Crippen molar-refractivity contribution in [2.75, 3.05) is 7.11 Å². The van der Waals surface area contributed by atoms with Crippen molar-refractivity contribution in [1.82, 2.24) is 15.5 Å². The summed E-state index contributed by atoms with van der Waals surface area (Å²) in [5.74, 6) is 1.96. The molecule has 0 unspecified atom stereocenters. The van der Waals surface area contributed by atoms with Gasteiger partial charge in [0, 0.05) is 13.2 Å². The lowest BCUT2D eigenvalue weighted by Gasteiger charge is -2.40. The van der Waals surface area contributed by atoms with E-state index in [-0.39, 0.29) is 6.10 Å². The molecule has 0 spiro atoms. The smallest absolute Gasteiger partial charge is 0.240 e. The van der Waals surface area contributed by atoms with Gasteiger partial charge in [0.15, 0.2) is 5.82 Å². The highest BCUT2D eigenvalue weighted by Gasteiger charge is 2.33. The molecule has 3 atom stereocenters. The van der Waals surface area contributed by atoms with E-state index in [1.165, 1.54) is 25.7 Å². The molecule has 1 aromatic rings. The minimum atomic E-state index is -0.125. The van der Waals surface area contributed by atoms with Gasteiger partial charge in [-0.2, -0.15) is 4.98 Å². The Hall–Kier alpha value is -0.940. The third-order valence-corrected chi connectivity index (χ3v) is 4.59. The van der Waals surface area contributed by atoms with E-state index in [0.29, 0.717) is 35.6 Å². The fourth-order valence-corrected chi connectivity index (χ4v) is 3.24. The maximum Gasteiger partial charge on any atom is 0.240 e. The van der Waals surface area contributed by atoms with Gasteiger partial charge in [-0.05, 0) is 31.1 Å². The van der Waals surface area contributed by atoms with E-state index in [1.807, 2.05) is 6.92 Å². The third kappa shape index (κ3) is 4.27. The van der Waals surface area contributed by atoms with Crippen LogP contribution in [-0.2, 0) is 11.3 Å². The average molecular weight is 295 g/mol. The van der Waals surface area contributed by atoms with Crippen molar-refractivity contribution in [3.05, 3.63) is 11.7 Å². The van der Waals surface area contributed by atoms with Gasteiger partial charge in [0.05, 0.1) is 6.54 Å². The van der Waals surface area contributed by atoms with E-state index in [2.05, 4.69) is 36.2 Å². The normalized spacial score (nSPS) is 25.0. The number of nitrogens with one attached hydrogen (secondary N) is 1. The molecule has 120 valence electrons. The van der Waals surface area contributed by atoms with Gasteiger partial charge in [-0.15, -0.1) is 0 Å². The van der Waals surface area contributed by atoms with Crippen LogP contribution in [0.25, 0.3) is 0 Å². The molecule has 0 saturated heterocycles. The summed E-state index contributed by atoms with van der Waals surface area (Å²) in [6.07, 6.45) is 5.06. The van der Waals surface area contributed by atoms with E-state index >= 15 is 0 Å². The standard InChI is InChI=1S/C16H29N3O2/c1-11(20-5)15-18-14(21-19-15)10-17-13-9-7-6-8-12(13)16(2,3)4/h11-13,17H,6-10H2,1-5H3/t11-,12+,13-/m1/s1. The van der Waals surface area contributed by atoms with Crippen LogP contribution in [0.5, 0.6) is 0 Å². The molecule has 0 aromatic carbocycles. The fourth-order valence-electron chi connectivity index (χ4n) is 3.24. The Morgan fingerprint density at radius 2 is 2.05 bits per heavy atom. The number of ether oxygens (including phenoxy) is 1. The van der Waals surface area contributed by atoms with Gasteiger partial charge in [-0.3, -0.25) is 0 Å². The van der Waals surface area contributed by atoms with Crippen LogP contribution >= 0.6 is 0 Å². The lowest BCUT2D eigenvalue weighted by molar-refractivity contribution is 0.109. The SMILES string of the molecule is CO[C@H](C)c1noc(CN[C@@H]2CCCC[C@@H]2C(C)(C)C)n1. The molecule has 0 bridgehead atoms. The second kappa shape index (κ2) is 6.88. The van der Waals surface area contributed by atoms with E-state index in [4.69, 9.17) is 9.26 Å². The first-order valence-electron chi connectivity index (χ1n) is 8.00. The van der Waals surface area contributed by atoms with Crippen LogP contribution in [0.2, 0.25) is 0 Å². The fraction of sp³-hybridized carbons (Fsp3) is 0.875. The molecule has 1 saturated carbocycles. The Kier molecular flexibility index (Phi) is 5.38. The summed E-state index contributed by atoms with van der Waals surface area (Å²) < 4.78 is 10.5. The zero-order chi connectivity index (χ0) is 15.5. The highest BCUT2D eigenvalue weighted by Crippen LogP contribution is 2.38. The predicted molar refractivity (Wildman–Crippen MR) is 81.8 cm³/mol. The first-order chi connectivity index (χ1) is 9.91. The summed E-state index contributed by atoms with van der Waals surface area (Å²) in [6, 6.07) is 0.536. The summed E-state index contributed by atoms with van der Waals surface area (Å²) in [5.41, 5.74) is 0.336. The Morgan fingerprint density at radius 3 is 2.71 bits per heavy atom. The van der Waals surface area contributed by atoms with Crippen LogP contribution < -0.4 is 5.32 Å². The Bertz CT molecular complexity index is 439. The van der Waals surface area contributed by atoms with E-state index in [9.17, 15) is 0 Å². The number of hydrogen-bond acceptors (Lipinski definition) is 5. The topological polar surface area (TPSA) is 60.2 Å². The highest BCUT2D eigenvalue weighted by atomic mass is 16.5. The second-order valence-electron chi connectivity index (χ2n) is 7.17. The lowest BCUT2D eigenvalue weighted by Crippen LogP contribution is -2.43. The average Bonchev–Trinajstić information content (AvgIpc) is 2.92. The predicted octanol–water partition coefficient (Wildman–Crippen LogP) is 3.47. The molecule has 2 rings (SSSR count). The van der Waals surface area contributed by atoms with Gasteiger partial charge >= 0.3 is 0 Å². The summed E-state index contributed by atoms with van der Waals surface area (Å²) in [5, 5.41) is 7.60. The molecule has 5 nitrogen and oxygen atoms in total. The van der Waals surface area contributed by atoms with Gasteiger partial charge < -0.3 is 14.6 Å². The van der Waals surface area contributed by atoms with Gasteiger partial charge in [0.25, 0.3) is 0 Å². The zero-order valence-electron chi connectivity index (χ0n) is 14.0. The molecule has 0 amide bonds. The molecule has 1 aliphatic rings. The number of methoxy groups -OCH3 is 1. The molecular formula is C16H29N3O2. The summed E-state index contributed by atoms with van der Waals surface area (Å²) in [6.45, 7) is 9.56. The van der Waals surface area contributed by atoms with Crippen molar-refractivity contribution in [1.29, 1.82) is 0 Å². The van der Waals surface area contributed by atoms with E-state index in [0.717, 1.165) is 0 Å². The van der Waals surface area contributed by atoms with E-state index in [1.54, 1.807) is 7.11 Å². The Labute approximate surface area is 127 Å². The largest absolute Gasteiger partial charge is 0.374 e. The second-order valence-corrected chi connectivity index (χ2v) is 7.17. The number of rotatable bonds is 5. The third-order valence-electron chi connectivity index (χ3n) is 4.59. The molecule has 1 aromatic heterocycles. The quantitative estimate of drug-likeness (QED) is 0.901. The molecule has 0 aliphatic heterocycles. The molecule has 1 fully saturated rings. The van der Waals surface area contributed by atoms with Crippen LogP contribution in [0.3, 0.4) is 0 Å². The molecule has 21 heavy (non-hydrogen) atoms. The van der Waals surface area contributed by atoms with Gasteiger partial charge in [-0.25, -0.2) is 0 Å². The zero-order valence-corrected chi connectivity index (χ0v) is 14.0. The van der Waals surface area contributed by atoms with Crippen molar-refractivity contribution < 1.29 is 9.26 Å². The summed E-state index contributed by atoms with van der Waals surface area (Å²) in [4.78, 5) is 4.39. The number of hydrogen-bond donors (Lipinski definition) is 1. The summed E-state index contributed by atoms with van der Waals surface area (Å²) in [7, 11) is 1.65. The van der Waals surface area contributed by atoms with Crippen molar-refractivity contribution in [2.24, 2.45) is 11.3 Å². The van der Waals surface area contributed by atoms with Crippen molar-refractivity contribution >= 4 is 0 Å². The Morgan fingerprint density at radius 1 is 1.33 bits per heavy atom. The number of nitrogens with zero attached hydrogens (tertiary/aromatic N) is 2. The van der Waals surface area contributed by atoms with Crippen molar-refractivity contribution in [2.45, 2.75) is 72.1 Å². The van der Waals surface area contributed by atoms with Crippen LogP contribution in [-0.4, -0.2) is 23.3 Å². The highest BCUT2D eigenvalue weighted by molar-refractivity contribution is 4.92. The number of aromatic nitrogens is 2. The van der Waals surface area contributed by atoms with Gasteiger partial charge in [0.2, 0.25) is 5.89 Å². The molecular weight excluding hydrogens is 266 g/mol. The van der Waals surface area contributed by atoms with Crippen LogP contribution in [0, 0.1) is 11.3 Å². The van der Waals surface area contributed by atoms with Crippen LogP contribution in [0.15, 0.2) is 4.52 Å². The minimum absolute atomic E-state index is 0.125. The van der Waals surface area contributed by atoms with Gasteiger partial charge in [0.1, 0.15) is 6.10 Å². The Balaban J connectivity index is 1.93. The summed E-state index contributed by atoms with van der Waals surface area (Å²) >= 11 is 0. The maximum atomic E-state index is 5.30. The lowest BCUT2D eigenvalue weighted by atomic mass is 9.69. The monoisotopic (exact) mass is 295 g/mol. The molecule has 5 heteroatoms. The molecule has 0 radical (unpaired) electrons. The first kappa shape index (κ1) is 16.4. The minimum Gasteiger partial charge on any atom is -0.374 e. The molecule has 1 heterocycles. The van der Waals surface area contributed by atoms with Crippen molar-refractivity contribution in [3.63, 3.8) is 0 Å². The first-order valence-corrected chi connectivity index (χ1v) is 8.00.